The van der Waals surface area contributed by atoms with Gasteiger partial charge in [-0.25, -0.2) is 0 Å². The minimum Gasteiger partial charge on any atom is -0.378 e. The van der Waals surface area contributed by atoms with E-state index < -0.39 is 6.04 Å². The fourth-order valence-electron chi connectivity index (χ4n) is 3.21. The van der Waals surface area contributed by atoms with E-state index in [9.17, 15) is 9.59 Å². The molecule has 1 atom stereocenters. The Morgan fingerprint density at radius 3 is 2.58 bits per heavy atom. The van der Waals surface area contributed by atoms with Gasteiger partial charge < -0.3 is 15.0 Å². The maximum atomic E-state index is 12.5. The molecule has 1 aliphatic carbocycles. The van der Waals surface area contributed by atoms with Crippen molar-refractivity contribution >= 4 is 11.8 Å². The van der Waals surface area contributed by atoms with E-state index in [1.807, 2.05) is 12.1 Å². The standard InChI is InChI=1S/C18H27N3O3/c1-14(13-19)20-18(23)16(11-15-5-3-2-4-6-15)12-17(22)21-7-9-24-10-8-21/h11,14-15H,2-10,12H2,1H3,(H,20,23)/b16-11-/t14-/m0/s1. The van der Waals surface area contributed by atoms with Gasteiger partial charge in [-0.15, -0.1) is 0 Å². The number of hydrogen-bond donors (Lipinski definition) is 1. The van der Waals surface area contributed by atoms with E-state index in [0.717, 1.165) is 12.8 Å². The zero-order chi connectivity index (χ0) is 17.4. The molecule has 0 aromatic rings. The molecule has 6 heteroatoms. The largest absolute Gasteiger partial charge is 0.378 e. The lowest BCUT2D eigenvalue weighted by molar-refractivity contribution is -0.135. The molecule has 0 radical (unpaired) electrons. The van der Waals surface area contributed by atoms with Crippen LogP contribution in [0.25, 0.3) is 0 Å². The van der Waals surface area contributed by atoms with Crippen molar-refractivity contribution in [3.63, 3.8) is 0 Å². The summed E-state index contributed by atoms with van der Waals surface area (Å²) in [5.74, 6) is 0.0192. The number of hydrogen-bond acceptors (Lipinski definition) is 4. The minimum atomic E-state index is -0.564. The second-order valence-electron chi connectivity index (χ2n) is 6.58. The van der Waals surface area contributed by atoms with E-state index in [2.05, 4.69) is 5.32 Å². The van der Waals surface area contributed by atoms with Gasteiger partial charge in [-0.05, 0) is 25.7 Å². The van der Waals surface area contributed by atoms with Crippen molar-refractivity contribution in [3.05, 3.63) is 11.6 Å². The zero-order valence-electron chi connectivity index (χ0n) is 14.4. The zero-order valence-corrected chi connectivity index (χ0v) is 14.4. The molecular formula is C18H27N3O3. The lowest BCUT2D eigenvalue weighted by atomic mass is 9.87. The van der Waals surface area contributed by atoms with E-state index in [4.69, 9.17) is 10.00 Å². The minimum absolute atomic E-state index is 0.0416. The third kappa shape index (κ3) is 5.64. The molecule has 0 aromatic carbocycles. The third-order valence-electron chi connectivity index (χ3n) is 4.63. The number of rotatable bonds is 5. The fraction of sp³-hybridized carbons (Fsp3) is 0.722. The number of nitriles is 1. The molecule has 2 fully saturated rings. The summed E-state index contributed by atoms with van der Waals surface area (Å²) < 4.78 is 5.27. The predicted molar refractivity (Wildman–Crippen MR) is 89.9 cm³/mol. The number of carbonyl (C=O) groups is 2. The Kier molecular flexibility index (Phi) is 7.26. The highest BCUT2D eigenvalue weighted by Crippen LogP contribution is 2.26. The molecule has 24 heavy (non-hydrogen) atoms. The Bertz CT molecular complexity index is 512. The molecule has 0 spiro atoms. The number of ether oxygens (including phenoxy) is 1. The smallest absolute Gasteiger partial charge is 0.248 e. The molecule has 1 N–H and O–H groups in total. The van der Waals surface area contributed by atoms with Gasteiger partial charge in [-0.3, -0.25) is 9.59 Å². The third-order valence-corrected chi connectivity index (χ3v) is 4.63. The SMILES string of the molecule is C[C@@H](C#N)NC(=O)/C(=C\C1CCCCC1)CC(=O)N1CCOCC1. The van der Waals surface area contributed by atoms with Crippen molar-refractivity contribution in [1.82, 2.24) is 10.2 Å². The van der Waals surface area contributed by atoms with E-state index in [1.54, 1.807) is 11.8 Å². The summed E-state index contributed by atoms with van der Waals surface area (Å²) in [6.07, 6.45) is 7.78. The molecule has 0 aromatic heterocycles. The average Bonchev–Trinajstić information content (AvgIpc) is 2.62. The van der Waals surface area contributed by atoms with Crippen molar-refractivity contribution in [2.45, 2.75) is 51.5 Å². The molecule has 2 rings (SSSR count). The van der Waals surface area contributed by atoms with Crippen molar-refractivity contribution < 1.29 is 14.3 Å². The van der Waals surface area contributed by atoms with E-state index in [0.29, 0.717) is 37.8 Å². The van der Waals surface area contributed by atoms with Crippen LogP contribution < -0.4 is 5.32 Å². The Balaban J connectivity index is 2.05. The Hall–Kier alpha value is -1.87. The number of nitrogens with one attached hydrogen (secondary N) is 1. The maximum absolute atomic E-state index is 12.5. The van der Waals surface area contributed by atoms with Crippen molar-refractivity contribution in [2.24, 2.45) is 5.92 Å². The Morgan fingerprint density at radius 1 is 1.29 bits per heavy atom. The normalized spacial score (nSPS) is 21.0. The molecular weight excluding hydrogens is 306 g/mol. The van der Waals surface area contributed by atoms with Gasteiger partial charge in [0.2, 0.25) is 11.8 Å². The molecule has 6 nitrogen and oxygen atoms in total. The highest BCUT2D eigenvalue weighted by Gasteiger charge is 2.23. The van der Waals surface area contributed by atoms with Gasteiger partial charge in [-0.1, -0.05) is 25.3 Å². The monoisotopic (exact) mass is 333 g/mol. The summed E-state index contributed by atoms with van der Waals surface area (Å²) in [7, 11) is 0. The van der Waals surface area contributed by atoms with Gasteiger partial charge in [0.1, 0.15) is 6.04 Å². The van der Waals surface area contributed by atoms with Crippen LogP contribution in [-0.4, -0.2) is 49.1 Å². The average molecular weight is 333 g/mol. The van der Waals surface area contributed by atoms with Gasteiger partial charge in [-0.2, -0.15) is 5.26 Å². The summed E-state index contributed by atoms with van der Waals surface area (Å²) >= 11 is 0. The topological polar surface area (TPSA) is 82.4 Å². The fourth-order valence-corrected chi connectivity index (χ4v) is 3.21. The van der Waals surface area contributed by atoms with E-state index in [1.165, 1.54) is 19.3 Å². The van der Waals surface area contributed by atoms with Crippen LogP contribution in [0.2, 0.25) is 0 Å². The number of amides is 2. The van der Waals surface area contributed by atoms with Gasteiger partial charge in [0.15, 0.2) is 0 Å². The predicted octanol–water partition coefficient (Wildman–Crippen LogP) is 1.77. The first-order chi connectivity index (χ1) is 11.6. The first-order valence-electron chi connectivity index (χ1n) is 8.87. The Labute approximate surface area is 143 Å². The van der Waals surface area contributed by atoms with Crippen LogP contribution in [0.4, 0.5) is 0 Å². The summed E-state index contributed by atoms with van der Waals surface area (Å²) in [5.41, 5.74) is 0.500. The van der Waals surface area contributed by atoms with Crippen LogP contribution in [0.5, 0.6) is 0 Å². The molecule has 1 aliphatic heterocycles. The van der Waals surface area contributed by atoms with E-state index in [-0.39, 0.29) is 18.2 Å². The van der Waals surface area contributed by atoms with Crippen molar-refractivity contribution in [2.75, 3.05) is 26.3 Å². The maximum Gasteiger partial charge on any atom is 0.248 e. The second-order valence-corrected chi connectivity index (χ2v) is 6.58. The number of nitrogens with zero attached hydrogens (tertiary/aromatic N) is 2. The molecule has 2 amide bonds. The first kappa shape index (κ1) is 18.5. The van der Waals surface area contributed by atoms with Crippen molar-refractivity contribution in [3.8, 4) is 6.07 Å². The van der Waals surface area contributed by atoms with Crippen LogP contribution in [0.15, 0.2) is 11.6 Å². The molecule has 0 unspecified atom stereocenters. The van der Waals surface area contributed by atoms with Crippen LogP contribution in [0.3, 0.4) is 0 Å². The lowest BCUT2D eigenvalue weighted by Crippen LogP contribution is -2.42. The summed E-state index contributed by atoms with van der Waals surface area (Å²) in [4.78, 5) is 26.7. The molecule has 1 saturated carbocycles. The second kappa shape index (κ2) is 9.43. The quantitative estimate of drug-likeness (QED) is 0.777. The summed E-state index contributed by atoms with van der Waals surface area (Å²) in [5, 5.41) is 11.6. The molecule has 2 aliphatic rings. The summed E-state index contributed by atoms with van der Waals surface area (Å²) in [6, 6.07) is 1.44. The Morgan fingerprint density at radius 2 is 1.96 bits per heavy atom. The van der Waals surface area contributed by atoms with Gasteiger partial charge >= 0.3 is 0 Å². The van der Waals surface area contributed by atoms with Crippen LogP contribution in [0.1, 0.15) is 45.4 Å². The van der Waals surface area contributed by atoms with Crippen LogP contribution in [-0.2, 0) is 14.3 Å². The molecule has 1 saturated heterocycles. The lowest BCUT2D eigenvalue weighted by Gasteiger charge is -2.27. The first-order valence-corrected chi connectivity index (χ1v) is 8.87. The number of carbonyl (C=O) groups excluding carboxylic acids is 2. The highest BCUT2D eigenvalue weighted by molar-refractivity contribution is 5.98. The number of allylic oxidation sites excluding steroid dienone is 1. The molecule has 1 heterocycles. The molecule has 132 valence electrons. The molecule has 0 bridgehead atoms. The van der Waals surface area contributed by atoms with Gasteiger partial charge in [0.25, 0.3) is 0 Å². The van der Waals surface area contributed by atoms with Gasteiger partial charge in [0, 0.05) is 18.7 Å². The van der Waals surface area contributed by atoms with Crippen LogP contribution in [0, 0.1) is 17.2 Å². The number of morpholine rings is 1. The van der Waals surface area contributed by atoms with Crippen LogP contribution >= 0.6 is 0 Å². The summed E-state index contributed by atoms with van der Waals surface area (Å²) in [6.45, 7) is 3.88. The van der Waals surface area contributed by atoms with E-state index >= 15 is 0 Å². The highest BCUT2D eigenvalue weighted by atomic mass is 16.5. The van der Waals surface area contributed by atoms with Gasteiger partial charge in [0.05, 0.1) is 25.7 Å². The van der Waals surface area contributed by atoms with Crippen molar-refractivity contribution in [1.29, 1.82) is 5.26 Å².